The molecule has 2 aromatic carbocycles. The summed E-state index contributed by atoms with van der Waals surface area (Å²) in [6, 6.07) is 12.4. The van der Waals surface area contributed by atoms with E-state index in [2.05, 4.69) is 5.32 Å². The predicted octanol–water partition coefficient (Wildman–Crippen LogP) is 2.42. The summed E-state index contributed by atoms with van der Waals surface area (Å²) in [5.74, 6) is -1.49. The monoisotopic (exact) mass is 413 g/mol. The Kier molecular flexibility index (Phi) is 6.00. The lowest BCUT2D eigenvalue weighted by Crippen LogP contribution is -2.35. The van der Waals surface area contributed by atoms with E-state index < -0.39 is 30.0 Å². The van der Waals surface area contributed by atoms with Gasteiger partial charge in [-0.3, -0.25) is 14.4 Å². The zero-order valence-electron chi connectivity index (χ0n) is 15.6. The molecule has 0 bridgehead atoms. The highest BCUT2D eigenvalue weighted by molar-refractivity contribution is 6.30. The van der Waals surface area contributed by atoms with E-state index in [0.717, 1.165) is 10.1 Å². The number of aliphatic hydroxyl groups is 1. The van der Waals surface area contributed by atoms with Gasteiger partial charge in [-0.05, 0) is 42.8 Å². The molecular formula is C21H20ClN3O4. The van der Waals surface area contributed by atoms with Crippen LogP contribution in [-0.2, 0) is 9.59 Å². The molecule has 4 N–H and O–H groups in total. The molecule has 0 spiro atoms. The van der Waals surface area contributed by atoms with Crippen molar-refractivity contribution in [1.82, 2.24) is 4.57 Å². The number of carbonyl (C=O) groups is 2. The number of carbonyl (C=O) groups excluding carboxylic acids is 2. The fourth-order valence-electron chi connectivity index (χ4n) is 3.11. The Morgan fingerprint density at radius 2 is 1.83 bits per heavy atom. The largest absolute Gasteiger partial charge is 0.394 e. The lowest BCUT2D eigenvalue weighted by Gasteiger charge is -2.17. The van der Waals surface area contributed by atoms with Crippen LogP contribution >= 0.6 is 11.6 Å². The van der Waals surface area contributed by atoms with Crippen molar-refractivity contribution in [3.05, 3.63) is 75.7 Å². The van der Waals surface area contributed by atoms with Crippen LogP contribution in [0, 0.1) is 0 Å². The maximum absolute atomic E-state index is 12.8. The van der Waals surface area contributed by atoms with Crippen molar-refractivity contribution >= 4 is 39.9 Å². The smallest absolute Gasteiger partial charge is 0.259 e. The zero-order valence-corrected chi connectivity index (χ0v) is 16.4. The molecule has 1 heterocycles. The van der Waals surface area contributed by atoms with Crippen LogP contribution in [-0.4, -0.2) is 28.1 Å². The lowest BCUT2D eigenvalue weighted by atomic mass is 10.00. The molecule has 3 aromatic rings. The first-order valence-electron chi connectivity index (χ1n) is 8.94. The third-order valence-electron chi connectivity index (χ3n) is 4.83. The number of hydrogen-bond donors (Lipinski definition) is 3. The topological polar surface area (TPSA) is 114 Å². The minimum Gasteiger partial charge on any atom is -0.394 e. The van der Waals surface area contributed by atoms with Crippen molar-refractivity contribution in [2.75, 3.05) is 11.9 Å². The first kappa shape index (κ1) is 20.6. The van der Waals surface area contributed by atoms with Gasteiger partial charge in [0.15, 0.2) is 0 Å². The van der Waals surface area contributed by atoms with E-state index in [4.69, 9.17) is 17.3 Å². The summed E-state index contributed by atoms with van der Waals surface area (Å²) < 4.78 is 1.09. The average molecular weight is 414 g/mol. The number of benzene rings is 2. The average Bonchev–Trinajstić information content (AvgIpc) is 2.70. The molecule has 8 heteroatoms. The van der Waals surface area contributed by atoms with Crippen LogP contribution in [0.2, 0.25) is 5.02 Å². The number of hydrogen-bond acceptors (Lipinski definition) is 4. The second-order valence-electron chi connectivity index (χ2n) is 6.66. The standard InChI is InChI=1S/C21H20ClN3O4/c1-12(13-5-7-14(22)8-6-13)20(28)24-17-4-2-3-16-15(17)9-10-25(21(16)29)18(11-26)19(23)27/h2-10,12,18,26H,11H2,1H3,(H2,23,27)(H,24,28). The maximum Gasteiger partial charge on any atom is 0.259 e. The molecule has 150 valence electrons. The molecule has 2 atom stereocenters. The van der Waals surface area contributed by atoms with E-state index in [-0.39, 0.29) is 5.91 Å². The summed E-state index contributed by atoms with van der Waals surface area (Å²) in [7, 11) is 0. The van der Waals surface area contributed by atoms with Gasteiger partial charge in [0.1, 0.15) is 6.04 Å². The molecule has 0 aliphatic heterocycles. The molecule has 0 aliphatic rings. The summed E-state index contributed by atoms with van der Waals surface area (Å²) in [4.78, 5) is 37.0. The zero-order chi connectivity index (χ0) is 21.1. The Hall–Kier alpha value is -3.16. The number of primary amides is 1. The van der Waals surface area contributed by atoms with Gasteiger partial charge in [0, 0.05) is 27.7 Å². The van der Waals surface area contributed by atoms with E-state index in [1.54, 1.807) is 55.5 Å². The van der Waals surface area contributed by atoms with Crippen LogP contribution in [0.3, 0.4) is 0 Å². The van der Waals surface area contributed by atoms with Crippen molar-refractivity contribution in [1.29, 1.82) is 0 Å². The first-order chi connectivity index (χ1) is 13.8. The van der Waals surface area contributed by atoms with Gasteiger partial charge in [-0.25, -0.2) is 0 Å². The van der Waals surface area contributed by atoms with Gasteiger partial charge in [0.25, 0.3) is 5.56 Å². The van der Waals surface area contributed by atoms with Gasteiger partial charge >= 0.3 is 0 Å². The SMILES string of the molecule is CC(C(=O)Nc1cccc2c(=O)n(C(CO)C(N)=O)ccc12)c1ccc(Cl)cc1. The molecule has 1 aromatic heterocycles. The van der Waals surface area contributed by atoms with Crippen LogP contribution in [0.15, 0.2) is 59.5 Å². The third kappa shape index (κ3) is 4.16. The molecule has 0 saturated carbocycles. The molecule has 3 rings (SSSR count). The Bertz CT molecular complexity index is 1120. The Morgan fingerprint density at radius 3 is 2.45 bits per heavy atom. The van der Waals surface area contributed by atoms with E-state index >= 15 is 0 Å². The molecule has 0 fully saturated rings. The van der Waals surface area contributed by atoms with Crippen molar-refractivity contribution in [3.8, 4) is 0 Å². The molecule has 2 amide bonds. The van der Waals surface area contributed by atoms with E-state index in [0.29, 0.717) is 21.5 Å². The van der Waals surface area contributed by atoms with Crippen LogP contribution in [0.1, 0.15) is 24.4 Å². The Morgan fingerprint density at radius 1 is 1.14 bits per heavy atom. The van der Waals surface area contributed by atoms with Crippen LogP contribution < -0.4 is 16.6 Å². The Balaban J connectivity index is 1.95. The summed E-state index contributed by atoms with van der Waals surface area (Å²) in [6.45, 7) is 1.19. The van der Waals surface area contributed by atoms with Crippen LogP contribution in [0.4, 0.5) is 5.69 Å². The fraction of sp³-hybridized carbons (Fsp3) is 0.190. The molecule has 0 radical (unpaired) electrons. The summed E-state index contributed by atoms with van der Waals surface area (Å²) in [5, 5.41) is 13.6. The fourth-order valence-corrected chi connectivity index (χ4v) is 3.23. The minimum atomic E-state index is -1.16. The van der Waals surface area contributed by atoms with E-state index in [1.165, 1.54) is 6.20 Å². The quantitative estimate of drug-likeness (QED) is 0.575. The summed E-state index contributed by atoms with van der Waals surface area (Å²) >= 11 is 5.89. The summed E-state index contributed by atoms with van der Waals surface area (Å²) in [6.07, 6.45) is 1.38. The molecule has 2 unspecified atom stereocenters. The van der Waals surface area contributed by atoms with E-state index in [9.17, 15) is 19.5 Å². The number of halogens is 1. The molecule has 0 aliphatic carbocycles. The van der Waals surface area contributed by atoms with Gasteiger partial charge in [0.2, 0.25) is 11.8 Å². The number of aromatic nitrogens is 1. The number of amides is 2. The van der Waals surface area contributed by atoms with Crippen molar-refractivity contribution in [2.24, 2.45) is 5.73 Å². The van der Waals surface area contributed by atoms with Gasteiger partial charge in [-0.15, -0.1) is 0 Å². The lowest BCUT2D eigenvalue weighted by molar-refractivity contribution is -0.122. The van der Waals surface area contributed by atoms with Crippen LogP contribution in [0.25, 0.3) is 10.8 Å². The molecule has 7 nitrogen and oxygen atoms in total. The summed E-state index contributed by atoms with van der Waals surface area (Å²) in [5.41, 5.74) is 6.05. The number of rotatable bonds is 6. The minimum absolute atomic E-state index is 0.241. The molecule has 0 saturated heterocycles. The highest BCUT2D eigenvalue weighted by Crippen LogP contribution is 2.24. The second-order valence-corrected chi connectivity index (χ2v) is 7.09. The Labute approximate surface area is 171 Å². The maximum atomic E-state index is 12.8. The van der Waals surface area contributed by atoms with Crippen molar-refractivity contribution in [2.45, 2.75) is 18.9 Å². The van der Waals surface area contributed by atoms with Gasteiger partial charge in [-0.2, -0.15) is 0 Å². The molecular weight excluding hydrogens is 394 g/mol. The van der Waals surface area contributed by atoms with Crippen LogP contribution in [0.5, 0.6) is 0 Å². The van der Waals surface area contributed by atoms with Crippen molar-refractivity contribution < 1.29 is 14.7 Å². The number of fused-ring (bicyclic) bond motifs is 1. The molecule has 29 heavy (non-hydrogen) atoms. The normalized spacial score (nSPS) is 13.1. The predicted molar refractivity (Wildman–Crippen MR) is 112 cm³/mol. The highest BCUT2D eigenvalue weighted by atomic mass is 35.5. The number of nitrogens with two attached hydrogens (primary N) is 1. The van der Waals surface area contributed by atoms with Gasteiger partial charge in [0.05, 0.1) is 12.5 Å². The highest BCUT2D eigenvalue weighted by Gasteiger charge is 2.20. The number of nitrogens with zero attached hydrogens (tertiary/aromatic N) is 1. The van der Waals surface area contributed by atoms with Gasteiger partial charge in [-0.1, -0.05) is 29.8 Å². The third-order valence-corrected chi connectivity index (χ3v) is 5.08. The number of pyridine rings is 1. The van der Waals surface area contributed by atoms with Crippen molar-refractivity contribution in [3.63, 3.8) is 0 Å². The first-order valence-corrected chi connectivity index (χ1v) is 9.31. The van der Waals surface area contributed by atoms with E-state index in [1.807, 2.05) is 0 Å². The number of nitrogens with one attached hydrogen (secondary N) is 1. The van der Waals surface area contributed by atoms with Gasteiger partial charge < -0.3 is 20.7 Å². The number of aliphatic hydroxyl groups excluding tert-OH is 1. The number of anilines is 1. The second kappa shape index (κ2) is 8.46.